The topological polar surface area (TPSA) is 114 Å². The third-order valence-electron chi connectivity index (χ3n) is 6.84. The largest absolute Gasteiger partial charge is 0.464 e. The lowest BCUT2D eigenvalue weighted by molar-refractivity contribution is -0.164. The monoisotopic (exact) mass is 523 g/mol. The molecule has 196 valence electrons. The molecule has 0 saturated carbocycles. The molecule has 0 bridgehead atoms. The molecular weight excluding hydrogens is 490 g/mol. The zero-order chi connectivity index (χ0) is 27.0. The van der Waals surface area contributed by atoms with E-state index in [4.69, 9.17) is 10.2 Å². The summed E-state index contributed by atoms with van der Waals surface area (Å²) in [4.78, 5) is 28.6. The average molecular weight is 524 g/mol. The predicted octanol–water partition coefficient (Wildman–Crippen LogP) is 3.68. The summed E-state index contributed by atoms with van der Waals surface area (Å²) >= 11 is 0. The van der Waals surface area contributed by atoms with Gasteiger partial charge in [0, 0.05) is 31.0 Å². The number of sulfonamides is 1. The number of nitrogens with two attached hydrogens (primary N) is 1. The van der Waals surface area contributed by atoms with E-state index in [-0.39, 0.29) is 30.3 Å². The van der Waals surface area contributed by atoms with Crippen LogP contribution < -0.4 is 5.73 Å². The molecule has 3 aromatic rings. The minimum atomic E-state index is -3.96. The highest BCUT2D eigenvalue weighted by atomic mass is 32.2. The molecule has 0 aliphatic carbocycles. The van der Waals surface area contributed by atoms with Gasteiger partial charge in [-0.2, -0.15) is 4.31 Å². The lowest BCUT2D eigenvalue weighted by atomic mass is 9.80. The van der Waals surface area contributed by atoms with Gasteiger partial charge in [-0.15, -0.1) is 0 Å². The van der Waals surface area contributed by atoms with Crippen LogP contribution in [0.1, 0.15) is 33.3 Å². The van der Waals surface area contributed by atoms with Crippen molar-refractivity contribution in [3.8, 4) is 11.3 Å². The quantitative estimate of drug-likeness (QED) is 0.507. The van der Waals surface area contributed by atoms with E-state index < -0.39 is 32.9 Å². The first-order valence-electron chi connectivity index (χ1n) is 12.2. The highest BCUT2D eigenvalue weighted by Crippen LogP contribution is 2.39. The summed E-state index contributed by atoms with van der Waals surface area (Å²) < 4.78 is 34.1. The van der Waals surface area contributed by atoms with Crippen LogP contribution in [-0.4, -0.2) is 53.6 Å². The van der Waals surface area contributed by atoms with Crippen molar-refractivity contribution in [2.75, 3.05) is 13.1 Å². The highest BCUT2D eigenvalue weighted by Gasteiger charge is 2.58. The van der Waals surface area contributed by atoms with Crippen LogP contribution in [0.3, 0.4) is 0 Å². The first-order valence-corrected chi connectivity index (χ1v) is 13.6. The lowest BCUT2D eigenvalue weighted by Crippen LogP contribution is -2.77. The zero-order valence-electron chi connectivity index (χ0n) is 21.5. The summed E-state index contributed by atoms with van der Waals surface area (Å²) in [6, 6.07) is 19.1. The Morgan fingerprint density at radius 1 is 0.973 bits per heavy atom. The molecule has 2 N–H and O–H groups in total. The Morgan fingerprint density at radius 3 is 2.16 bits per heavy atom. The van der Waals surface area contributed by atoms with Crippen LogP contribution in [0.5, 0.6) is 0 Å². The van der Waals surface area contributed by atoms with E-state index >= 15 is 0 Å². The number of piperazine rings is 1. The Labute approximate surface area is 218 Å². The van der Waals surface area contributed by atoms with Gasteiger partial charge in [0.25, 0.3) is 0 Å². The van der Waals surface area contributed by atoms with Crippen molar-refractivity contribution in [3.05, 3.63) is 78.6 Å². The lowest BCUT2D eigenvalue weighted by Gasteiger charge is -2.57. The summed E-state index contributed by atoms with van der Waals surface area (Å²) in [5, 5.41) is 0. The molecule has 1 fully saturated rings. The van der Waals surface area contributed by atoms with Crippen molar-refractivity contribution in [1.29, 1.82) is 0 Å². The van der Waals surface area contributed by atoms with Crippen molar-refractivity contribution in [2.45, 2.75) is 50.1 Å². The van der Waals surface area contributed by atoms with Gasteiger partial charge >= 0.3 is 0 Å². The minimum Gasteiger partial charge on any atom is -0.464 e. The van der Waals surface area contributed by atoms with Crippen LogP contribution in [-0.2, 0) is 26.0 Å². The Bertz CT molecular complexity index is 1370. The maximum Gasteiger partial charge on any atom is 0.245 e. The van der Waals surface area contributed by atoms with Gasteiger partial charge in [0.05, 0.1) is 16.7 Å². The number of carbonyl (C=O) groups excluding carboxylic acids is 2. The second kappa shape index (κ2) is 9.79. The number of carbonyl (C=O) groups is 2. The summed E-state index contributed by atoms with van der Waals surface area (Å²) in [5.74, 6) is -0.728. The van der Waals surface area contributed by atoms with Crippen LogP contribution >= 0.6 is 0 Å². The fraction of sp³-hybridized carbons (Fsp3) is 0.357. The third kappa shape index (κ3) is 4.93. The van der Waals surface area contributed by atoms with Crippen molar-refractivity contribution in [1.82, 2.24) is 9.21 Å². The summed E-state index contributed by atoms with van der Waals surface area (Å²) in [6.07, 6.45) is 1.65. The number of rotatable bonds is 7. The first kappa shape index (κ1) is 26.6. The Hall–Kier alpha value is -3.43. The fourth-order valence-electron chi connectivity index (χ4n) is 5.16. The van der Waals surface area contributed by atoms with Crippen molar-refractivity contribution in [2.24, 2.45) is 11.7 Å². The van der Waals surface area contributed by atoms with Crippen LogP contribution in [0.2, 0.25) is 0 Å². The van der Waals surface area contributed by atoms with E-state index in [1.54, 1.807) is 58.2 Å². The molecule has 9 heteroatoms. The number of hydrogen-bond acceptors (Lipinski definition) is 5. The molecular formula is C28H33N3O5S. The number of furan rings is 1. The second-order valence-corrected chi connectivity index (χ2v) is 12.4. The van der Waals surface area contributed by atoms with Crippen LogP contribution in [0.4, 0.5) is 0 Å². The molecule has 37 heavy (non-hydrogen) atoms. The molecule has 0 spiro atoms. The molecule has 1 aliphatic rings. The highest BCUT2D eigenvalue weighted by molar-refractivity contribution is 7.89. The van der Waals surface area contributed by atoms with Crippen molar-refractivity contribution >= 4 is 21.8 Å². The maximum atomic E-state index is 13.7. The molecule has 4 rings (SSSR count). The first-order chi connectivity index (χ1) is 17.4. The molecule has 1 saturated heterocycles. The normalized spacial score (nSPS) is 20.2. The number of hydrogen-bond donors (Lipinski definition) is 1. The standard InChI is InChI=1S/C28H33N3O5S/c1-20(2)25(32)31-27(3,4)18-30(37(34,35)23-9-6-5-7-10-23)19-28(31,26(29)33)17-21-12-14-22(15-13-21)24-11-8-16-36-24/h5-16,20H,17-19H2,1-4H3,(H2,29,33). The van der Waals surface area contributed by atoms with Crippen LogP contribution in [0, 0.1) is 5.92 Å². The molecule has 1 aromatic heterocycles. The molecule has 8 nitrogen and oxygen atoms in total. The third-order valence-corrected chi connectivity index (χ3v) is 8.65. The average Bonchev–Trinajstić information content (AvgIpc) is 3.39. The van der Waals surface area contributed by atoms with Gasteiger partial charge in [0.15, 0.2) is 0 Å². The molecule has 2 heterocycles. The van der Waals surface area contributed by atoms with Crippen molar-refractivity contribution in [3.63, 3.8) is 0 Å². The fourth-order valence-corrected chi connectivity index (χ4v) is 6.83. The number of primary amides is 1. The molecule has 2 aromatic carbocycles. The van der Waals surface area contributed by atoms with E-state index in [0.29, 0.717) is 5.76 Å². The van der Waals surface area contributed by atoms with E-state index in [1.807, 2.05) is 30.3 Å². The number of benzene rings is 2. The molecule has 2 amide bonds. The van der Waals surface area contributed by atoms with Gasteiger partial charge in [-0.25, -0.2) is 8.42 Å². The Morgan fingerprint density at radius 2 is 1.62 bits per heavy atom. The number of nitrogens with zero attached hydrogens (tertiary/aromatic N) is 2. The van der Waals surface area contributed by atoms with Gasteiger partial charge in [0.2, 0.25) is 21.8 Å². The summed E-state index contributed by atoms with van der Waals surface area (Å²) in [7, 11) is -3.96. The van der Waals surface area contributed by atoms with E-state index in [1.165, 1.54) is 21.3 Å². The van der Waals surface area contributed by atoms with Crippen LogP contribution in [0.15, 0.2) is 82.3 Å². The van der Waals surface area contributed by atoms with E-state index in [0.717, 1.165) is 11.1 Å². The van der Waals surface area contributed by atoms with Gasteiger partial charge in [-0.1, -0.05) is 56.3 Å². The van der Waals surface area contributed by atoms with Gasteiger partial charge in [0.1, 0.15) is 11.3 Å². The van der Waals surface area contributed by atoms with E-state index in [9.17, 15) is 18.0 Å². The maximum absolute atomic E-state index is 13.7. The van der Waals surface area contributed by atoms with Gasteiger partial charge in [-0.3, -0.25) is 9.59 Å². The SMILES string of the molecule is CC(C)C(=O)N1C(C)(C)CN(S(=O)(=O)c2ccccc2)CC1(Cc1ccc(-c2ccco2)cc1)C(N)=O. The Balaban J connectivity index is 1.82. The minimum absolute atomic E-state index is 0.0230. The summed E-state index contributed by atoms with van der Waals surface area (Å²) in [5.41, 5.74) is 5.07. The molecule has 1 unspecified atom stereocenters. The van der Waals surface area contributed by atoms with Gasteiger partial charge in [-0.05, 0) is 43.7 Å². The molecule has 0 radical (unpaired) electrons. The smallest absolute Gasteiger partial charge is 0.245 e. The number of amides is 2. The predicted molar refractivity (Wildman–Crippen MR) is 141 cm³/mol. The molecule has 1 atom stereocenters. The van der Waals surface area contributed by atoms with Crippen molar-refractivity contribution < 1.29 is 22.4 Å². The second-order valence-electron chi connectivity index (χ2n) is 10.5. The van der Waals surface area contributed by atoms with Gasteiger partial charge < -0.3 is 15.1 Å². The zero-order valence-corrected chi connectivity index (χ0v) is 22.4. The Kier molecular flexibility index (Phi) is 7.05. The van der Waals surface area contributed by atoms with Crippen LogP contribution in [0.25, 0.3) is 11.3 Å². The summed E-state index contributed by atoms with van der Waals surface area (Å²) in [6.45, 7) is 6.84. The van der Waals surface area contributed by atoms with E-state index in [2.05, 4.69) is 0 Å². The molecule has 1 aliphatic heterocycles.